The van der Waals surface area contributed by atoms with Crippen LogP contribution in [0.15, 0.2) is 0 Å². The third-order valence-electron chi connectivity index (χ3n) is 2.14. The van der Waals surface area contributed by atoms with E-state index in [0.717, 1.165) is 25.9 Å². The van der Waals surface area contributed by atoms with Gasteiger partial charge >= 0.3 is 5.97 Å². The first-order valence-electron chi connectivity index (χ1n) is 4.77. The normalized spacial score (nSPS) is 15.9. The molecule has 4 nitrogen and oxygen atoms in total. The fourth-order valence-corrected chi connectivity index (χ4v) is 2.20. The number of rotatable bonds is 5. The predicted octanol–water partition coefficient (Wildman–Crippen LogP) is 0.817. The van der Waals surface area contributed by atoms with Crippen LogP contribution in [0.3, 0.4) is 0 Å². The van der Waals surface area contributed by atoms with E-state index in [0.29, 0.717) is 11.5 Å². The van der Waals surface area contributed by atoms with E-state index in [1.807, 2.05) is 4.90 Å². The average Bonchev–Trinajstić information content (AvgIpc) is 2.64. The summed E-state index contributed by atoms with van der Waals surface area (Å²) in [6, 6.07) is 0. The van der Waals surface area contributed by atoms with E-state index in [4.69, 9.17) is 5.11 Å². The average molecular weight is 217 g/mol. The van der Waals surface area contributed by atoms with E-state index < -0.39 is 5.97 Å². The summed E-state index contributed by atoms with van der Waals surface area (Å²) in [6.45, 7) is 1.75. The fourth-order valence-electron chi connectivity index (χ4n) is 1.38. The predicted molar refractivity (Wildman–Crippen MR) is 55.4 cm³/mol. The van der Waals surface area contributed by atoms with Crippen LogP contribution in [0.2, 0.25) is 0 Å². The Morgan fingerprint density at radius 2 is 1.93 bits per heavy atom. The van der Waals surface area contributed by atoms with Crippen LogP contribution in [-0.2, 0) is 9.59 Å². The van der Waals surface area contributed by atoms with E-state index in [9.17, 15) is 9.59 Å². The second-order valence-corrected chi connectivity index (χ2v) is 4.39. The van der Waals surface area contributed by atoms with Crippen molar-refractivity contribution in [3.8, 4) is 0 Å². The largest absolute Gasteiger partial charge is 0.481 e. The molecule has 1 rings (SSSR count). The summed E-state index contributed by atoms with van der Waals surface area (Å²) in [4.78, 5) is 23.5. The molecule has 0 spiro atoms. The van der Waals surface area contributed by atoms with Crippen molar-refractivity contribution < 1.29 is 14.7 Å². The van der Waals surface area contributed by atoms with Crippen LogP contribution in [0.25, 0.3) is 0 Å². The number of nitrogens with zero attached hydrogens (tertiary/aromatic N) is 1. The number of carbonyl (C=O) groups is 2. The maximum absolute atomic E-state index is 11.4. The minimum atomic E-state index is -0.800. The first-order chi connectivity index (χ1) is 6.70. The summed E-state index contributed by atoms with van der Waals surface area (Å²) < 4.78 is 0. The van der Waals surface area contributed by atoms with E-state index in [1.54, 1.807) is 0 Å². The minimum absolute atomic E-state index is 0.137. The van der Waals surface area contributed by atoms with Crippen molar-refractivity contribution in [1.82, 2.24) is 4.90 Å². The van der Waals surface area contributed by atoms with Crippen molar-refractivity contribution >= 4 is 23.6 Å². The zero-order valence-corrected chi connectivity index (χ0v) is 8.89. The van der Waals surface area contributed by atoms with Crippen molar-refractivity contribution in [3.05, 3.63) is 0 Å². The Balaban J connectivity index is 2.05. The molecule has 0 saturated carbocycles. The van der Waals surface area contributed by atoms with Crippen LogP contribution in [0.5, 0.6) is 0 Å². The molecule has 5 heteroatoms. The molecule has 1 N–H and O–H groups in total. The van der Waals surface area contributed by atoms with Gasteiger partial charge in [0.25, 0.3) is 0 Å². The van der Waals surface area contributed by atoms with Gasteiger partial charge in [0, 0.05) is 18.8 Å². The molecule has 0 aliphatic carbocycles. The van der Waals surface area contributed by atoms with Crippen molar-refractivity contribution in [2.24, 2.45) is 0 Å². The molecular weight excluding hydrogens is 202 g/mol. The molecule has 1 fully saturated rings. The van der Waals surface area contributed by atoms with E-state index in [2.05, 4.69) is 0 Å². The highest BCUT2D eigenvalue weighted by Crippen LogP contribution is 2.11. The van der Waals surface area contributed by atoms with Gasteiger partial charge in [-0.3, -0.25) is 9.59 Å². The van der Waals surface area contributed by atoms with Gasteiger partial charge < -0.3 is 10.0 Å². The standard InChI is InChI=1S/C9H15NO3S/c11-8(10-4-1-2-5-10)7-14-6-3-9(12)13/h1-7H2,(H,12,13). The van der Waals surface area contributed by atoms with Gasteiger partial charge in [-0.1, -0.05) is 0 Å². The Labute approximate surface area is 87.7 Å². The lowest BCUT2D eigenvalue weighted by Crippen LogP contribution is -2.29. The molecule has 0 aromatic heterocycles. The summed E-state index contributed by atoms with van der Waals surface area (Å²) in [5, 5.41) is 8.38. The molecule has 1 aliphatic rings. The SMILES string of the molecule is O=C(O)CCSCC(=O)N1CCCC1. The number of carboxylic acids is 1. The van der Waals surface area contributed by atoms with Gasteiger partial charge in [-0.05, 0) is 12.8 Å². The van der Waals surface area contributed by atoms with Gasteiger partial charge in [0.1, 0.15) is 0 Å². The number of carbonyl (C=O) groups excluding carboxylic acids is 1. The molecule has 1 aliphatic heterocycles. The van der Waals surface area contributed by atoms with Gasteiger partial charge in [-0.25, -0.2) is 0 Å². The number of carboxylic acid groups (broad SMARTS) is 1. The monoisotopic (exact) mass is 217 g/mol. The molecule has 0 aromatic carbocycles. The van der Waals surface area contributed by atoms with Crippen molar-refractivity contribution in [3.63, 3.8) is 0 Å². The van der Waals surface area contributed by atoms with Gasteiger partial charge in [-0.15, -0.1) is 0 Å². The van der Waals surface area contributed by atoms with Gasteiger partial charge in [0.05, 0.1) is 12.2 Å². The highest BCUT2D eigenvalue weighted by molar-refractivity contribution is 7.99. The van der Waals surface area contributed by atoms with Crippen LogP contribution in [0.4, 0.5) is 0 Å². The lowest BCUT2D eigenvalue weighted by atomic mass is 10.4. The highest BCUT2D eigenvalue weighted by atomic mass is 32.2. The van der Waals surface area contributed by atoms with Crippen molar-refractivity contribution in [1.29, 1.82) is 0 Å². The lowest BCUT2D eigenvalue weighted by Gasteiger charge is -2.14. The summed E-state index contributed by atoms with van der Waals surface area (Å²) in [5.41, 5.74) is 0. The third-order valence-corrected chi connectivity index (χ3v) is 3.09. The molecule has 0 atom stereocenters. The van der Waals surface area contributed by atoms with E-state index >= 15 is 0 Å². The van der Waals surface area contributed by atoms with E-state index in [-0.39, 0.29) is 12.3 Å². The number of amides is 1. The Bertz CT molecular complexity index is 214. The summed E-state index contributed by atoms with van der Waals surface area (Å²) in [7, 11) is 0. The second kappa shape index (κ2) is 5.90. The Morgan fingerprint density at radius 1 is 1.29 bits per heavy atom. The summed E-state index contributed by atoms with van der Waals surface area (Å²) >= 11 is 1.40. The topological polar surface area (TPSA) is 57.6 Å². The van der Waals surface area contributed by atoms with E-state index in [1.165, 1.54) is 11.8 Å². The third kappa shape index (κ3) is 4.00. The first kappa shape index (κ1) is 11.4. The molecule has 0 aromatic rings. The second-order valence-electron chi connectivity index (χ2n) is 3.28. The number of likely N-dealkylation sites (tertiary alicyclic amines) is 1. The zero-order valence-electron chi connectivity index (χ0n) is 8.07. The number of hydrogen-bond acceptors (Lipinski definition) is 3. The highest BCUT2D eigenvalue weighted by Gasteiger charge is 2.17. The number of aliphatic carboxylic acids is 1. The molecule has 1 heterocycles. The van der Waals surface area contributed by atoms with Crippen molar-refractivity contribution in [2.75, 3.05) is 24.6 Å². The fraction of sp³-hybridized carbons (Fsp3) is 0.778. The maximum Gasteiger partial charge on any atom is 0.304 e. The molecule has 0 radical (unpaired) electrons. The Kier molecular flexibility index (Phi) is 4.79. The molecule has 0 unspecified atom stereocenters. The molecule has 14 heavy (non-hydrogen) atoms. The van der Waals surface area contributed by atoms with Gasteiger partial charge in [0.15, 0.2) is 0 Å². The summed E-state index contributed by atoms with van der Waals surface area (Å²) in [5.74, 6) is 0.298. The Hall–Kier alpha value is -0.710. The number of thioether (sulfide) groups is 1. The summed E-state index contributed by atoms with van der Waals surface area (Å²) in [6.07, 6.45) is 2.34. The number of hydrogen-bond donors (Lipinski definition) is 1. The first-order valence-corrected chi connectivity index (χ1v) is 5.93. The van der Waals surface area contributed by atoms with Gasteiger partial charge in [-0.2, -0.15) is 11.8 Å². The Morgan fingerprint density at radius 3 is 2.50 bits per heavy atom. The van der Waals surface area contributed by atoms with Crippen molar-refractivity contribution in [2.45, 2.75) is 19.3 Å². The van der Waals surface area contributed by atoms with Crippen LogP contribution in [0, 0.1) is 0 Å². The molecule has 1 saturated heterocycles. The van der Waals surface area contributed by atoms with Crippen LogP contribution < -0.4 is 0 Å². The van der Waals surface area contributed by atoms with Crippen LogP contribution >= 0.6 is 11.8 Å². The van der Waals surface area contributed by atoms with Crippen LogP contribution in [-0.4, -0.2) is 46.5 Å². The van der Waals surface area contributed by atoms with Gasteiger partial charge in [0.2, 0.25) is 5.91 Å². The maximum atomic E-state index is 11.4. The quantitative estimate of drug-likeness (QED) is 0.693. The molecule has 0 bridgehead atoms. The molecule has 80 valence electrons. The smallest absolute Gasteiger partial charge is 0.304 e. The minimum Gasteiger partial charge on any atom is -0.481 e. The zero-order chi connectivity index (χ0) is 10.4. The van der Waals surface area contributed by atoms with Crippen LogP contribution in [0.1, 0.15) is 19.3 Å². The molecular formula is C9H15NO3S. The molecule has 1 amide bonds. The lowest BCUT2D eigenvalue weighted by molar-refractivity contribution is -0.136.